The highest BCUT2D eigenvalue weighted by atomic mass is 35.5. The summed E-state index contributed by atoms with van der Waals surface area (Å²) in [6.07, 6.45) is -2.63. The normalized spacial score (nSPS) is 33.2. The molecule has 2 aliphatic rings. The molecule has 0 aromatic heterocycles. The molecular weight excluding hydrogens is 344 g/mol. The number of urea groups is 1. The fraction of sp³-hybridized carbons (Fsp3) is 0.714. The van der Waals surface area contributed by atoms with Gasteiger partial charge in [0.05, 0.1) is 5.92 Å². The zero-order valence-corrected chi connectivity index (χ0v) is 14.2. The van der Waals surface area contributed by atoms with Gasteiger partial charge in [0.1, 0.15) is 18.1 Å². The van der Waals surface area contributed by atoms with Gasteiger partial charge < -0.3 is 14.2 Å². The molecule has 3 amide bonds. The van der Waals surface area contributed by atoms with Crippen LogP contribution < -0.4 is 5.32 Å². The highest BCUT2D eigenvalue weighted by Gasteiger charge is 2.51. The first-order valence-corrected chi connectivity index (χ1v) is 7.86. The quantitative estimate of drug-likeness (QED) is 0.553. The second-order valence-electron chi connectivity index (χ2n) is 5.73. The van der Waals surface area contributed by atoms with Crippen LogP contribution in [0.1, 0.15) is 20.8 Å². The van der Waals surface area contributed by atoms with Crippen LogP contribution in [-0.4, -0.2) is 65.7 Å². The van der Waals surface area contributed by atoms with E-state index in [1.54, 1.807) is 6.92 Å². The Kier molecular flexibility index (Phi) is 5.66. The number of nitrogens with one attached hydrogen (secondary N) is 1. The number of nitrogens with zero attached hydrogens (tertiary/aromatic N) is 1. The molecule has 0 bridgehead atoms. The van der Waals surface area contributed by atoms with Gasteiger partial charge in [-0.25, -0.2) is 4.79 Å². The number of hydrogen-bond donors (Lipinski definition) is 1. The number of hydrogen-bond acceptors (Lipinski definition) is 7. The Balaban J connectivity index is 2.15. The van der Waals surface area contributed by atoms with Crippen LogP contribution in [0.5, 0.6) is 0 Å². The highest BCUT2D eigenvalue weighted by Crippen LogP contribution is 2.32. The van der Waals surface area contributed by atoms with E-state index in [2.05, 4.69) is 5.32 Å². The first kappa shape index (κ1) is 18.5. The van der Waals surface area contributed by atoms with Crippen LogP contribution in [-0.2, 0) is 28.6 Å². The van der Waals surface area contributed by atoms with Crippen molar-refractivity contribution in [3.05, 3.63) is 0 Å². The molecule has 0 aromatic rings. The van der Waals surface area contributed by atoms with Gasteiger partial charge in [-0.1, -0.05) is 6.92 Å². The van der Waals surface area contributed by atoms with Crippen LogP contribution in [0, 0.1) is 5.92 Å². The molecule has 9 nitrogen and oxygen atoms in total. The predicted octanol–water partition coefficient (Wildman–Crippen LogP) is 0.00140. The van der Waals surface area contributed by atoms with E-state index in [1.165, 1.54) is 18.7 Å². The molecule has 1 N–H and O–H groups in total. The van der Waals surface area contributed by atoms with Crippen molar-refractivity contribution in [3.8, 4) is 0 Å². The monoisotopic (exact) mass is 362 g/mol. The van der Waals surface area contributed by atoms with Crippen molar-refractivity contribution in [3.63, 3.8) is 0 Å². The summed E-state index contributed by atoms with van der Waals surface area (Å²) >= 11 is 6.33. The average molecular weight is 363 g/mol. The van der Waals surface area contributed by atoms with Crippen LogP contribution in [0.4, 0.5) is 4.79 Å². The zero-order valence-electron chi connectivity index (χ0n) is 13.5. The lowest BCUT2D eigenvalue weighted by Gasteiger charge is -2.35. The van der Waals surface area contributed by atoms with Gasteiger partial charge in [0, 0.05) is 20.4 Å². The summed E-state index contributed by atoms with van der Waals surface area (Å²) in [7, 11) is 0. The standard InChI is InChI=1S/C14H19ClN2O7/c1-6-4-17(14(21)16-12(6)20)13-10(15)11(23-8(3)19)9(24-13)5-22-7(2)18/h6,9-11,13H,4-5H2,1-3H3,(H,16,20,21)/t6?,9-,10-,11-,13-/m1/s1. The van der Waals surface area contributed by atoms with Gasteiger partial charge in [-0.2, -0.15) is 0 Å². The van der Waals surface area contributed by atoms with Crippen LogP contribution in [0.2, 0.25) is 0 Å². The lowest BCUT2D eigenvalue weighted by molar-refractivity contribution is -0.156. The summed E-state index contributed by atoms with van der Waals surface area (Å²) < 4.78 is 15.8. The lowest BCUT2D eigenvalue weighted by Crippen LogP contribution is -2.59. The number of rotatable bonds is 4. The van der Waals surface area contributed by atoms with E-state index in [0.717, 1.165) is 0 Å². The molecule has 2 rings (SSSR count). The number of halogens is 1. The Morgan fingerprint density at radius 1 is 1.33 bits per heavy atom. The van der Waals surface area contributed by atoms with E-state index >= 15 is 0 Å². The molecule has 2 saturated heterocycles. The molecule has 0 spiro atoms. The van der Waals surface area contributed by atoms with Crippen LogP contribution in [0.15, 0.2) is 0 Å². The Labute approximate surface area is 143 Å². The molecule has 0 saturated carbocycles. The number of alkyl halides is 1. The summed E-state index contributed by atoms with van der Waals surface area (Å²) in [4.78, 5) is 47.1. The van der Waals surface area contributed by atoms with Crippen LogP contribution in [0.25, 0.3) is 0 Å². The molecule has 0 radical (unpaired) electrons. The largest absolute Gasteiger partial charge is 0.463 e. The number of esters is 2. The molecule has 24 heavy (non-hydrogen) atoms. The molecule has 1 unspecified atom stereocenters. The molecule has 2 heterocycles. The molecule has 10 heteroatoms. The van der Waals surface area contributed by atoms with Gasteiger partial charge in [0.25, 0.3) is 0 Å². The van der Waals surface area contributed by atoms with E-state index in [-0.39, 0.29) is 19.1 Å². The highest BCUT2D eigenvalue weighted by molar-refractivity contribution is 6.22. The minimum Gasteiger partial charge on any atom is -0.463 e. The van der Waals surface area contributed by atoms with Crippen molar-refractivity contribution in [2.24, 2.45) is 5.92 Å². The smallest absolute Gasteiger partial charge is 0.326 e. The van der Waals surface area contributed by atoms with Gasteiger partial charge in [-0.15, -0.1) is 11.6 Å². The maximum Gasteiger partial charge on any atom is 0.326 e. The van der Waals surface area contributed by atoms with Gasteiger partial charge in [0.2, 0.25) is 5.91 Å². The molecule has 2 aliphatic heterocycles. The first-order valence-electron chi connectivity index (χ1n) is 7.42. The van der Waals surface area contributed by atoms with Crippen molar-refractivity contribution in [1.29, 1.82) is 0 Å². The minimum atomic E-state index is -0.924. The van der Waals surface area contributed by atoms with E-state index in [1.807, 2.05) is 0 Å². The third-order valence-electron chi connectivity index (χ3n) is 3.74. The summed E-state index contributed by atoms with van der Waals surface area (Å²) in [5, 5.41) is 1.34. The summed E-state index contributed by atoms with van der Waals surface area (Å²) in [6, 6.07) is -0.636. The van der Waals surface area contributed by atoms with Crippen LogP contribution in [0.3, 0.4) is 0 Å². The van der Waals surface area contributed by atoms with Crippen molar-refractivity contribution >= 4 is 35.5 Å². The Morgan fingerprint density at radius 2 is 2.00 bits per heavy atom. The molecule has 0 aliphatic carbocycles. The third kappa shape index (κ3) is 3.96. The third-order valence-corrected chi connectivity index (χ3v) is 4.20. The van der Waals surface area contributed by atoms with Gasteiger partial charge in [-0.3, -0.25) is 24.6 Å². The fourth-order valence-electron chi connectivity index (χ4n) is 2.59. The second kappa shape index (κ2) is 7.35. The Morgan fingerprint density at radius 3 is 2.58 bits per heavy atom. The number of amides is 3. The molecule has 134 valence electrons. The molecule has 0 aromatic carbocycles. The van der Waals surface area contributed by atoms with E-state index in [4.69, 9.17) is 25.8 Å². The molecular formula is C14H19ClN2O7. The second-order valence-corrected chi connectivity index (χ2v) is 6.24. The predicted molar refractivity (Wildman–Crippen MR) is 79.9 cm³/mol. The van der Waals surface area contributed by atoms with E-state index in [9.17, 15) is 19.2 Å². The topological polar surface area (TPSA) is 111 Å². The van der Waals surface area contributed by atoms with E-state index in [0.29, 0.717) is 0 Å². The van der Waals surface area contributed by atoms with Crippen LogP contribution >= 0.6 is 11.6 Å². The maximum absolute atomic E-state index is 12.0. The number of imide groups is 1. The van der Waals surface area contributed by atoms with Crippen molar-refractivity contribution in [2.45, 2.75) is 44.6 Å². The number of ether oxygens (including phenoxy) is 3. The fourth-order valence-corrected chi connectivity index (χ4v) is 3.00. The summed E-state index contributed by atoms with van der Waals surface area (Å²) in [5.74, 6) is -1.91. The Bertz CT molecular complexity index is 555. The van der Waals surface area contributed by atoms with Gasteiger partial charge in [-0.05, 0) is 0 Å². The van der Waals surface area contributed by atoms with Gasteiger partial charge >= 0.3 is 18.0 Å². The molecule has 5 atom stereocenters. The van der Waals surface area contributed by atoms with Crippen molar-refractivity contribution < 1.29 is 33.4 Å². The maximum atomic E-state index is 12.0. The SMILES string of the molecule is CC(=O)OC[C@H]1O[C@@H](N2CC(C)C(=O)NC2=O)[C@H](Cl)[C@@H]1OC(C)=O. The number of carbonyl (C=O) groups excluding carboxylic acids is 4. The minimum absolute atomic E-state index is 0.117. The average Bonchev–Trinajstić information content (AvgIpc) is 2.77. The summed E-state index contributed by atoms with van der Waals surface area (Å²) in [6.45, 7) is 4.06. The van der Waals surface area contributed by atoms with Gasteiger partial charge in [0.15, 0.2) is 12.3 Å². The Hall–Kier alpha value is -1.87. The lowest BCUT2D eigenvalue weighted by atomic mass is 10.1. The van der Waals surface area contributed by atoms with Crippen molar-refractivity contribution in [1.82, 2.24) is 10.2 Å². The van der Waals surface area contributed by atoms with E-state index < -0.39 is 47.7 Å². The first-order chi connectivity index (χ1) is 11.2. The molecule has 2 fully saturated rings. The summed E-state index contributed by atoms with van der Waals surface area (Å²) in [5.41, 5.74) is 0. The zero-order chi connectivity index (χ0) is 18.0. The number of carbonyl (C=O) groups is 4. The van der Waals surface area contributed by atoms with Crippen molar-refractivity contribution in [2.75, 3.05) is 13.2 Å².